The molecule has 1 N–H and O–H groups in total. The van der Waals surface area contributed by atoms with Crippen molar-refractivity contribution in [2.24, 2.45) is 0 Å². The van der Waals surface area contributed by atoms with Gasteiger partial charge in [-0.25, -0.2) is 0 Å². The van der Waals surface area contributed by atoms with Crippen molar-refractivity contribution < 1.29 is 14.7 Å². The van der Waals surface area contributed by atoms with Gasteiger partial charge in [0.1, 0.15) is 5.25 Å². The predicted octanol–water partition coefficient (Wildman–Crippen LogP) is 1.30. The Morgan fingerprint density at radius 1 is 1.55 bits per heavy atom. The number of hydrogen-bond donors (Lipinski definition) is 1. The topological polar surface area (TPSA) is 54.4 Å². The third-order valence-electron chi connectivity index (χ3n) is 0.980. The van der Waals surface area contributed by atoms with Gasteiger partial charge >= 0.3 is 5.97 Å². The molecule has 4 heteroatoms. The number of carboxylic acid groups (broad SMARTS) is 1. The lowest BCUT2D eigenvalue weighted by Crippen LogP contribution is -2.14. The van der Waals surface area contributed by atoms with Crippen LogP contribution in [0.15, 0.2) is 12.2 Å². The maximum atomic E-state index is 10.9. The van der Waals surface area contributed by atoms with Crippen molar-refractivity contribution in [3.8, 4) is 0 Å². The fourth-order valence-electron chi connectivity index (χ4n) is 0.312. The number of carbonyl (C=O) groups is 2. The molecule has 0 aliphatic heterocycles. The molecule has 0 amide bonds. The van der Waals surface area contributed by atoms with Gasteiger partial charge in [-0.15, -0.1) is 0 Å². The molecule has 1 unspecified atom stereocenters. The van der Waals surface area contributed by atoms with E-state index < -0.39 is 11.2 Å². The van der Waals surface area contributed by atoms with Gasteiger partial charge < -0.3 is 5.11 Å². The van der Waals surface area contributed by atoms with Gasteiger partial charge in [0.2, 0.25) is 5.12 Å². The van der Waals surface area contributed by atoms with Crippen molar-refractivity contribution in [1.82, 2.24) is 0 Å². The SMILES string of the molecule is C=C(C)C(=O)SC(C)C(=O)O. The maximum absolute atomic E-state index is 10.9. The van der Waals surface area contributed by atoms with Crippen molar-refractivity contribution in [2.75, 3.05) is 0 Å². The van der Waals surface area contributed by atoms with Crippen molar-refractivity contribution in [2.45, 2.75) is 19.1 Å². The Hall–Kier alpha value is -0.770. The lowest BCUT2D eigenvalue weighted by molar-refractivity contribution is -0.136. The van der Waals surface area contributed by atoms with Gasteiger partial charge in [-0.2, -0.15) is 0 Å². The van der Waals surface area contributed by atoms with Crippen molar-refractivity contribution in [3.63, 3.8) is 0 Å². The van der Waals surface area contributed by atoms with Crippen LogP contribution in [0, 0.1) is 0 Å². The molecule has 0 radical (unpaired) electrons. The summed E-state index contributed by atoms with van der Waals surface area (Å²) in [6, 6.07) is 0. The van der Waals surface area contributed by atoms with Crippen LogP contribution in [0.3, 0.4) is 0 Å². The van der Waals surface area contributed by atoms with Gasteiger partial charge in [-0.05, 0) is 19.4 Å². The molecule has 0 aromatic rings. The lowest BCUT2D eigenvalue weighted by Gasteiger charge is -2.02. The standard InChI is InChI=1S/C7H10O3S/c1-4(2)7(10)11-5(3)6(8)9/h5H,1H2,2-3H3,(H,8,9). The van der Waals surface area contributed by atoms with E-state index in [1.54, 1.807) is 6.92 Å². The van der Waals surface area contributed by atoms with E-state index in [-0.39, 0.29) is 5.12 Å². The minimum absolute atomic E-state index is 0.264. The molecule has 3 nitrogen and oxygen atoms in total. The van der Waals surface area contributed by atoms with E-state index in [4.69, 9.17) is 5.11 Å². The third kappa shape index (κ3) is 3.83. The van der Waals surface area contributed by atoms with Crippen LogP contribution in [0.2, 0.25) is 0 Å². The summed E-state index contributed by atoms with van der Waals surface area (Å²) in [6.45, 7) is 6.43. The van der Waals surface area contributed by atoms with Gasteiger partial charge in [0.25, 0.3) is 0 Å². The zero-order valence-electron chi connectivity index (χ0n) is 6.46. The van der Waals surface area contributed by atoms with Crippen LogP contribution in [0.1, 0.15) is 13.8 Å². The summed E-state index contributed by atoms with van der Waals surface area (Å²) in [4.78, 5) is 21.1. The number of aliphatic carboxylic acids is 1. The molecule has 0 saturated carbocycles. The van der Waals surface area contributed by atoms with E-state index in [0.29, 0.717) is 5.57 Å². The number of rotatable bonds is 3. The molecule has 0 saturated heterocycles. The maximum Gasteiger partial charge on any atom is 0.316 e. The molecule has 0 aromatic heterocycles. The average molecular weight is 174 g/mol. The number of thioether (sulfide) groups is 1. The second kappa shape index (κ2) is 4.18. The summed E-state index contributed by atoms with van der Waals surface area (Å²) >= 11 is 0.778. The largest absolute Gasteiger partial charge is 0.480 e. The Bertz CT molecular complexity index is 198. The smallest absolute Gasteiger partial charge is 0.316 e. The molecule has 0 aliphatic rings. The summed E-state index contributed by atoms with van der Waals surface area (Å²) in [5.41, 5.74) is 0.378. The van der Waals surface area contributed by atoms with Crippen molar-refractivity contribution in [1.29, 1.82) is 0 Å². The van der Waals surface area contributed by atoms with E-state index in [1.165, 1.54) is 6.92 Å². The van der Waals surface area contributed by atoms with Gasteiger partial charge in [0.15, 0.2) is 0 Å². The Morgan fingerprint density at radius 2 is 2.00 bits per heavy atom. The van der Waals surface area contributed by atoms with Crippen molar-refractivity contribution in [3.05, 3.63) is 12.2 Å². The number of carboxylic acids is 1. The highest BCUT2D eigenvalue weighted by atomic mass is 32.2. The molecule has 0 fully saturated rings. The summed E-state index contributed by atoms with van der Waals surface area (Å²) in [5.74, 6) is -0.982. The van der Waals surface area contributed by atoms with E-state index in [9.17, 15) is 9.59 Å². The minimum Gasteiger partial charge on any atom is -0.480 e. The third-order valence-corrected chi connectivity index (χ3v) is 2.10. The molecule has 0 heterocycles. The first-order valence-electron chi connectivity index (χ1n) is 3.04. The molecule has 0 bridgehead atoms. The van der Waals surface area contributed by atoms with Crippen LogP contribution in [-0.2, 0) is 9.59 Å². The highest BCUT2D eigenvalue weighted by Gasteiger charge is 2.16. The zero-order chi connectivity index (χ0) is 9.02. The zero-order valence-corrected chi connectivity index (χ0v) is 7.27. The van der Waals surface area contributed by atoms with Gasteiger partial charge in [-0.3, -0.25) is 9.59 Å². The Balaban J connectivity index is 3.95. The van der Waals surface area contributed by atoms with E-state index >= 15 is 0 Å². The van der Waals surface area contributed by atoms with E-state index in [1.807, 2.05) is 0 Å². The molecule has 0 aliphatic carbocycles. The summed E-state index contributed by atoms with van der Waals surface area (Å²) < 4.78 is 0. The van der Waals surface area contributed by atoms with Gasteiger partial charge in [0, 0.05) is 0 Å². The Kier molecular flexibility index (Phi) is 3.89. The van der Waals surface area contributed by atoms with Crippen LogP contribution in [0.4, 0.5) is 0 Å². The summed E-state index contributed by atoms with van der Waals surface area (Å²) in [5, 5.41) is 7.45. The van der Waals surface area contributed by atoms with E-state index in [0.717, 1.165) is 11.8 Å². The van der Waals surface area contributed by atoms with Crippen LogP contribution >= 0.6 is 11.8 Å². The van der Waals surface area contributed by atoms with Crippen molar-refractivity contribution >= 4 is 22.8 Å². The molecular formula is C7H10O3S. The monoisotopic (exact) mass is 174 g/mol. The van der Waals surface area contributed by atoms with Crippen LogP contribution in [0.25, 0.3) is 0 Å². The first kappa shape index (κ1) is 10.2. The first-order chi connectivity index (χ1) is 4.95. The second-order valence-electron chi connectivity index (χ2n) is 2.17. The molecule has 1 atom stereocenters. The summed E-state index contributed by atoms with van der Waals surface area (Å²) in [7, 11) is 0. The second-order valence-corrected chi connectivity index (χ2v) is 3.48. The predicted molar refractivity (Wildman–Crippen MR) is 44.5 cm³/mol. The quantitative estimate of drug-likeness (QED) is 0.655. The molecule has 0 aromatic carbocycles. The minimum atomic E-state index is -0.982. The Morgan fingerprint density at radius 3 is 2.27 bits per heavy atom. The lowest BCUT2D eigenvalue weighted by atomic mass is 10.4. The normalized spacial score (nSPS) is 12.2. The van der Waals surface area contributed by atoms with Gasteiger partial charge in [-0.1, -0.05) is 18.3 Å². The first-order valence-corrected chi connectivity index (χ1v) is 3.92. The fourth-order valence-corrected chi connectivity index (χ4v) is 0.935. The fraction of sp³-hybridized carbons (Fsp3) is 0.429. The average Bonchev–Trinajstić information content (AvgIpc) is 1.87. The summed E-state index contributed by atoms with van der Waals surface area (Å²) in [6.07, 6.45) is 0. The van der Waals surface area contributed by atoms with E-state index in [2.05, 4.69) is 6.58 Å². The molecule has 0 spiro atoms. The molecular weight excluding hydrogens is 164 g/mol. The molecule has 11 heavy (non-hydrogen) atoms. The van der Waals surface area contributed by atoms with Crippen LogP contribution < -0.4 is 0 Å². The number of hydrogen-bond acceptors (Lipinski definition) is 3. The Labute approximate surface area is 69.5 Å². The highest BCUT2D eigenvalue weighted by Crippen LogP contribution is 2.15. The van der Waals surface area contributed by atoms with Crippen LogP contribution in [-0.4, -0.2) is 21.4 Å². The molecule has 62 valence electrons. The molecule has 0 rings (SSSR count). The highest BCUT2D eigenvalue weighted by molar-refractivity contribution is 8.15. The number of carbonyl (C=O) groups excluding carboxylic acids is 1. The van der Waals surface area contributed by atoms with Crippen LogP contribution in [0.5, 0.6) is 0 Å². The van der Waals surface area contributed by atoms with Gasteiger partial charge in [0.05, 0.1) is 0 Å².